The molecule has 0 aromatic rings. The minimum atomic E-state index is -0.832. The van der Waals surface area contributed by atoms with E-state index >= 15 is 0 Å². The molecule has 1 saturated carbocycles. The number of carbonyl (C=O) groups is 2. The number of rotatable bonds is 2. The lowest BCUT2D eigenvalue weighted by Crippen LogP contribution is -2.42. The number of aliphatic carboxylic acids is 1. The minimum absolute atomic E-state index is 0.0387. The Kier molecular flexibility index (Phi) is 3.69. The van der Waals surface area contributed by atoms with Crippen LogP contribution in [0.1, 0.15) is 51.9 Å². The smallest absolute Gasteiger partial charge is 0.309 e. The van der Waals surface area contributed by atoms with Crippen LogP contribution in [0.4, 0.5) is 0 Å². The minimum Gasteiger partial charge on any atom is -0.481 e. The van der Waals surface area contributed by atoms with Gasteiger partial charge in [0.1, 0.15) is 0 Å². The highest BCUT2D eigenvalue weighted by Crippen LogP contribution is 2.32. The molecule has 0 bridgehead atoms. The number of carboxylic acid groups (broad SMARTS) is 1. The van der Waals surface area contributed by atoms with Crippen LogP contribution < -0.4 is 0 Å². The Labute approximate surface area is 102 Å². The Balaban J connectivity index is 2.09. The van der Waals surface area contributed by atoms with E-state index in [1.807, 2.05) is 11.8 Å². The van der Waals surface area contributed by atoms with Gasteiger partial charge in [0, 0.05) is 18.5 Å². The fourth-order valence-electron chi connectivity index (χ4n) is 3.25. The molecule has 17 heavy (non-hydrogen) atoms. The van der Waals surface area contributed by atoms with Gasteiger partial charge in [0.15, 0.2) is 0 Å². The van der Waals surface area contributed by atoms with Gasteiger partial charge in [-0.25, -0.2) is 0 Å². The number of hydrogen-bond donors (Lipinski definition) is 1. The first kappa shape index (κ1) is 12.4. The van der Waals surface area contributed by atoms with E-state index in [-0.39, 0.29) is 24.4 Å². The van der Waals surface area contributed by atoms with E-state index in [2.05, 4.69) is 0 Å². The second-order valence-corrected chi connectivity index (χ2v) is 5.34. The van der Waals surface area contributed by atoms with Crippen LogP contribution in [0.15, 0.2) is 0 Å². The number of hydrogen-bond acceptors (Lipinski definition) is 2. The van der Waals surface area contributed by atoms with Crippen LogP contribution in [0, 0.1) is 5.92 Å². The first-order valence-electron chi connectivity index (χ1n) is 6.65. The highest BCUT2D eigenvalue weighted by atomic mass is 16.4. The summed E-state index contributed by atoms with van der Waals surface area (Å²) in [5.41, 5.74) is 0. The van der Waals surface area contributed by atoms with Crippen molar-refractivity contribution in [1.82, 2.24) is 4.90 Å². The summed E-state index contributed by atoms with van der Waals surface area (Å²) in [6.45, 7) is 1.88. The van der Waals surface area contributed by atoms with Crippen LogP contribution in [0.25, 0.3) is 0 Å². The second-order valence-electron chi connectivity index (χ2n) is 5.34. The van der Waals surface area contributed by atoms with Crippen molar-refractivity contribution in [1.29, 1.82) is 0 Å². The zero-order chi connectivity index (χ0) is 12.4. The predicted molar refractivity (Wildman–Crippen MR) is 63.5 cm³/mol. The van der Waals surface area contributed by atoms with Crippen LogP contribution in [0.2, 0.25) is 0 Å². The van der Waals surface area contributed by atoms with Gasteiger partial charge < -0.3 is 10.0 Å². The normalized spacial score (nSPS) is 31.6. The lowest BCUT2D eigenvalue weighted by atomic mass is 10.0. The Morgan fingerprint density at radius 3 is 2.29 bits per heavy atom. The molecule has 1 heterocycles. The zero-order valence-electron chi connectivity index (χ0n) is 10.4. The summed E-state index contributed by atoms with van der Waals surface area (Å²) in [5, 5.41) is 9.09. The molecule has 0 spiro atoms. The van der Waals surface area contributed by atoms with Crippen molar-refractivity contribution in [2.24, 2.45) is 5.92 Å². The maximum atomic E-state index is 12.0. The van der Waals surface area contributed by atoms with Crippen LogP contribution in [0.5, 0.6) is 0 Å². The highest BCUT2D eigenvalue weighted by molar-refractivity contribution is 5.87. The number of nitrogens with zero attached hydrogens (tertiary/aromatic N) is 1. The topological polar surface area (TPSA) is 57.6 Å². The molecule has 1 N–H and O–H groups in total. The van der Waals surface area contributed by atoms with E-state index < -0.39 is 11.9 Å². The van der Waals surface area contributed by atoms with Crippen molar-refractivity contribution in [3.05, 3.63) is 0 Å². The molecule has 1 aliphatic heterocycles. The summed E-state index contributed by atoms with van der Waals surface area (Å²) in [6, 6.07) is 0.146. The summed E-state index contributed by atoms with van der Waals surface area (Å²) in [5.74, 6) is -1.30. The van der Waals surface area contributed by atoms with E-state index in [0.29, 0.717) is 0 Å². The van der Waals surface area contributed by atoms with Gasteiger partial charge in [-0.05, 0) is 19.8 Å². The lowest BCUT2D eigenvalue weighted by Gasteiger charge is -2.32. The van der Waals surface area contributed by atoms with Crippen LogP contribution >= 0.6 is 0 Å². The third-order valence-corrected chi connectivity index (χ3v) is 4.24. The van der Waals surface area contributed by atoms with Crippen LogP contribution in [0.3, 0.4) is 0 Å². The van der Waals surface area contributed by atoms with Gasteiger partial charge in [-0.3, -0.25) is 9.59 Å². The third-order valence-electron chi connectivity index (χ3n) is 4.24. The van der Waals surface area contributed by atoms with Gasteiger partial charge in [-0.2, -0.15) is 0 Å². The highest BCUT2D eigenvalue weighted by Gasteiger charge is 2.43. The number of carbonyl (C=O) groups excluding carboxylic acids is 1. The first-order valence-corrected chi connectivity index (χ1v) is 6.65. The molecule has 2 fully saturated rings. The fourth-order valence-corrected chi connectivity index (χ4v) is 3.25. The van der Waals surface area contributed by atoms with Gasteiger partial charge in [0.25, 0.3) is 0 Å². The quantitative estimate of drug-likeness (QED) is 0.750. The maximum Gasteiger partial charge on any atom is 0.309 e. The fraction of sp³-hybridized carbons (Fsp3) is 0.846. The molecule has 2 unspecified atom stereocenters. The molecule has 0 aromatic heterocycles. The Morgan fingerprint density at radius 2 is 1.82 bits per heavy atom. The van der Waals surface area contributed by atoms with E-state index in [4.69, 9.17) is 5.11 Å². The molecule has 4 heteroatoms. The number of likely N-dealkylation sites (tertiary alicyclic amines) is 1. The molecule has 2 atom stereocenters. The van der Waals surface area contributed by atoms with E-state index in [9.17, 15) is 9.59 Å². The van der Waals surface area contributed by atoms with Gasteiger partial charge >= 0.3 is 5.97 Å². The van der Waals surface area contributed by atoms with E-state index in [1.54, 1.807) is 0 Å². The molecule has 2 rings (SSSR count). The van der Waals surface area contributed by atoms with E-state index in [1.165, 1.54) is 25.7 Å². The molecule has 1 amide bonds. The summed E-state index contributed by atoms with van der Waals surface area (Å²) < 4.78 is 0. The largest absolute Gasteiger partial charge is 0.481 e. The zero-order valence-corrected chi connectivity index (χ0v) is 10.4. The van der Waals surface area contributed by atoms with Gasteiger partial charge in [0.2, 0.25) is 5.91 Å². The molecular weight excluding hydrogens is 218 g/mol. The molecule has 1 aliphatic carbocycles. The van der Waals surface area contributed by atoms with Crippen molar-refractivity contribution in [3.8, 4) is 0 Å². The number of carboxylic acids is 1. The van der Waals surface area contributed by atoms with Gasteiger partial charge in [-0.15, -0.1) is 0 Å². The maximum absolute atomic E-state index is 12.0. The van der Waals surface area contributed by atoms with Crippen molar-refractivity contribution in [3.63, 3.8) is 0 Å². The Bertz CT molecular complexity index is 308. The molecule has 1 saturated heterocycles. The molecular formula is C13H21NO3. The van der Waals surface area contributed by atoms with Crippen LogP contribution in [-0.4, -0.2) is 34.0 Å². The average Bonchev–Trinajstić information content (AvgIpc) is 2.49. The summed E-state index contributed by atoms with van der Waals surface area (Å²) in [7, 11) is 0. The third kappa shape index (κ3) is 2.45. The van der Waals surface area contributed by atoms with Crippen LogP contribution in [-0.2, 0) is 9.59 Å². The SMILES string of the molecule is CC1C(C(=O)O)CC(=O)N1C1CCCCCC1. The first-order chi connectivity index (χ1) is 8.11. The molecule has 96 valence electrons. The van der Waals surface area contributed by atoms with Crippen molar-refractivity contribution in [2.75, 3.05) is 0 Å². The van der Waals surface area contributed by atoms with Gasteiger partial charge in [-0.1, -0.05) is 25.7 Å². The van der Waals surface area contributed by atoms with Gasteiger partial charge in [0.05, 0.1) is 5.92 Å². The molecule has 0 aromatic carbocycles. The average molecular weight is 239 g/mol. The number of amides is 1. The summed E-state index contributed by atoms with van der Waals surface area (Å²) in [4.78, 5) is 24.9. The van der Waals surface area contributed by atoms with Crippen molar-refractivity contribution in [2.45, 2.75) is 64.0 Å². The molecule has 2 aliphatic rings. The monoisotopic (exact) mass is 239 g/mol. The molecule has 0 radical (unpaired) electrons. The standard InChI is InChI=1S/C13H21NO3/c1-9-11(13(16)17)8-12(15)14(9)10-6-4-2-3-5-7-10/h9-11H,2-8H2,1H3,(H,16,17). The Morgan fingerprint density at radius 1 is 1.24 bits per heavy atom. The van der Waals surface area contributed by atoms with Crippen molar-refractivity contribution >= 4 is 11.9 Å². The van der Waals surface area contributed by atoms with E-state index in [0.717, 1.165) is 12.8 Å². The molecule has 4 nitrogen and oxygen atoms in total. The lowest BCUT2D eigenvalue weighted by molar-refractivity contribution is -0.142. The second kappa shape index (κ2) is 5.07. The predicted octanol–water partition coefficient (Wildman–Crippen LogP) is 2.03. The summed E-state index contributed by atoms with van der Waals surface area (Å²) >= 11 is 0. The summed E-state index contributed by atoms with van der Waals surface area (Å²) in [6.07, 6.45) is 7.10. The Hall–Kier alpha value is -1.06. The van der Waals surface area contributed by atoms with Crippen molar-refractivity contribution < 1.29 is 14.7 Å².